The van der Waals surface area contributed by atoms with Crippen LogP contribution in [0.3, 0.4) is 0 Å². The number of nitrogens with zero attached hydrogens (tertiary/aromatic N) is 2. The van der Waals surface area contributed by atoms with Crippen LogP contribution in [0, 0.1) is 10.1 Å². The van der Waals surface area contributed by atoms with Gasteiger partial charge in [-0.25, -0.2) is 0 Å². The van der Waals surface area contributed by atoms with Gasteiger partial charge in [0.2, 0.25) is 0 Å². The maximum absolute atomic E-state index is 12.4. The largest absolute Gasteiger partial charge is 0.472 e. The quantitative estimate of drug-likeness (QED) is 0.609. The molecule has 0 bridgehead atoms. The van der Waals surface area contributed by atoms with E-state index >= 15 is 0 Å². The molecule has 1 aromatic carbocycles. The van der Waals surface area contributed by atoms with Gasteiger partial charge in [-0.3, -0.25) is 19.8 Å². The van der Waals surface area contributed by atoms with E-state index in [1.165, 1.54) is 0 Å². The van der Waals surface area contributed by atoms with Gasteiger partial charge in [0.15, 0.2) is 5.03 Å². The zero-order chi connectivity index (χ0) is 16.3. The number of allylic oxidation sites excluding steroid dienone is 1. The fourth-order valence-electron chi connectivity index (χ4n) is 1.88. The molecule has 9 heteroatoms. The summed E-state index contributed by atoms with van der Waals surface area (Å²) in [6, 6.07) is 8.31. The van der Waals surface area contributed by atoms with Gasteiger partial charge < -0.3 is 4.74 Å². The molecule has 1 fully saturated rings. The van der Waals surface area contributed by atoms with Gasteiger partial charge in [-0.15, -0.1) is 0 Å². The summed E-state index contributed by atoms with van der Waals surface area (Å²) in [5.41, 5.74) is -0.284. The average molecular weight is 364 g/mol. The van der Waals surface area contributed by atoms with E-state index in [-0.39, 0.29) is 19.0 Å². The molecule has 2 rings (SSSR count). The Hall–Kier alpha value is -1.76. The van der Waals surface area contributed by atoms with Crippen LogP contribution in [0.25, 0.3) is 0 Å². The van der Waals surface area contributed by atoms with Gasteiger partial charge in [0.1, 0.15) is 11.1 Å². The minimum absolute atomic E-state index is 0.106. The van der Waals surface area contributed by atoms with Crippen LogP contribution in [0.15, 0.2) is 51.4 Å². The van der Waals surface area contributed by atoms with E-state index in [0.717, 1.165) is 4.90 Å². The van der Waals surface area contributed by atoms with Gasteiger partial charge >= 0.3 is 5.70 Å². The van der Waals surface area contributed by atoms with Gasteiger partial charge in [-0.2, -0.15) is 0 Å². The number of benzene rings is 1. The first-order chi connectivity index (χ1) is 10.4. The highest BCUT2D eigenvalue weighted by Gasteiger charge is 2.37. The summed E-state index contributed by atoms with van der Waals surface area (Å²) >= 11 is 16.8. The molecule has 1 aromatic rings. The second kappa shape index (κ2) is 7.00. The molecule has 1 saturated heterocycles. The number of hydrogen-bond acceptors (Lipinski definition) is 4. The Morgan fingerprint density at radius 1 is 1.23 bits per heavy atom. The molecule has 0 atom stereocenters. The first kappa shape index (κ1) is 16.6. The standard InChI is InChI=1S/C13H9Cl3N2O4/c14-9(11(15)16)10(18(20)21)13-17(6-7-22-13)12(19)8-4-2-1-3-5-8/h1-5H,6-7H2/b13-10-. The molecular formula is C13H9Cl3N2O4. The molecule has 22 heavy (non-hydrogen) atoms. The van der Waals surface area contributed by atoms with Crippen LogP contribution in [-0.4, -0.2) is 28.9 Å². The SMILES string of the molecule is O=C(c1ccccc1)N1CCO/C1=C(/C(Cl)=C(Cl)Cl)[N+](=O)[O-]. The molecule has 0 spiro atoms. The molecule has 0 radical (unpaired) electrons. The third-order valence-electron chi connectivity index (χ3n) is 2.82. The first-order valence-electron chi connectivity index (χ1n) is 6.03. The van der Waals surface area contributed by atoms with E-state index in [9.17, 15) is 14.9 Å². The van der Waals surface area contributed by atoms with Crippen molar-refractivity contribution < 1.29 is 14.5 Å². The molecule has 0 unspecified atom stereocenters. The Morgan fingerprint density at radius 3 is 2.41 bits per heavy atom. The molecule has 0 N–H and O–H groups in total. The Kier molecular flexibility index (Phi) is 5.28. The number of amides is 1. The van der Waals surface area contributed by atoms with Crippen molar-refractivity contribution in [1.29, 1.82) is 0 Å². The van der Waals surface area contributed by atoms with Crippen LogP contribution in [0.5, 0.6) is 0 Å². The highest BCUT2D eigenvalue weighted by atomic mass is 35.5. The number of carbonyl (C=O) groups is 1. The average Bonchev–Trinajstić information content (AvgIpc) is 2.96. The monoisotopic (exact) mass is 362 g/mol. The summed E-state index contributed by atoms with van der Waals surface area (Å²) in [5, 5.41) is 10.7. The van der Waals surface area contributed by atoms with Gasteiger partial charge in [-0.1, -0.05) is 53.0 Å². The van der Waals surface area contributed by atoms with Crippen molar-refractivity contribution >= 4 is 40.7 Å². The Balaban J connectivity index is 2.49. The van der Waals surface area contributed by atoms with Crippen molar-refractivity contribution in [2.75, 3.05) is 13.2 Å². The maximum atomic E-state index is 12.4. The zero-order valence-electron chi connectivity index (χ0n) is 11.0. The van der Waals surface area contributed by atoms with E-state index < -0.39 is 26.1 Å². The summed E-state index contributed by atoms with van der Waals surface area (Å²) < 4.78 is 4.73. The summed E-state index contributed by atoms with van der Waals surface area (Å²) in [6.45, 7) is 0.264. The summed E-state index contributed by atoms with van der Waals surface area (Å²) in [4.78, 5) is 24.0. The minimum atomic E-state index is -0.793. The molecule has 0 saturated carbocycles. The number of nitro groups is 1. The summed E-state index contributed by atoms with van der Waals surface area (Å²) in [7, 11) is 0. The van der Waals surface area contributed by atoms with Crippen LogP contribution in [-0.2, 0) is 4.74 Å². The summed E-state index contributed by atoms with van der Waals surface area (Å²) in [6.07, 6.45) is 0. The Morgan fingerprint density at radius 2 is 1.86 bits per heavy atom. The van der Waals surface area contributed by atoms with Gasteiger partial charge in [0, 0.05) is 5.56 Å². The predicted molar refractivity (Wildman–Crippen MR) is 82.0 cm³/mol. The molecule has 0 aromatic heterocycles. The molecule has 116 valence electrons. The maximum Gasteiger partial charge on any atom is 0.350 e. The lowest BCUT2D eigenvalue weighted by Crippen LogP contribution is -2.29. The molecule has 0 aliphatic carbocycles. The Bertz CT molecular complexity index is 669. The van der Waals surface area contributed by atoms with E-state index in [0.29, 0.717) is 5.56 Å². The fraction of sp³-hybridized carbons (Fsp3) is 0.154. The van der Waals surface area contributed by atoms with E-state index in [1.807, 2.05) is 0 Å². The zero-order valence-corrected chi connectivity index (χ0v) is 13.2. The summed E-state index contributed by atoms with van der Waals surface area (Å²) in [5.74, 6) is -0.717. The van der Waals surface area contributed by atoms with E-state index in [2.05, 4.69) is 0 Å². The van der Waals surface area contributed by atoms with Crippen molar-refractivity contribution in [3.63, 3.8) is 0 Å². The lowest BCUT2D eigenvalue weighted by molar-refractivity contribution is -0.423. The van der Waals surface area contributed by atoms with Gasteiger partial charge in [0.25, 0.3) is 11.8 Å². The van der Waals surface area contributed by atoms with Crippen molar-refractivity contribution in [3.05, 3.63) is 67.1 Å². The van der Waals surface area contributed by atoms with Crippen LogP contribution in [0.4, 0.5) is 0 Å². The van der Waals surface area contributed by atoms with E-state index in [4.69, 9.17) is 39.5 Å². The van der Waals surface area contributed by atoms with Crippen LogP contribution in [0.1, 0.15) is 10.4 Å². The van der Waals surface area contributed by atoms with Crippen LogP contribution < -0.4 is 0 Å². The number of hydrogen-bond donors (Lipinski definition) is 0. The lowest BCUT2D eigenvalue weighted by Gasteiger charge is -2.15. The molecule has 1 aliphatic rings. The highest BCUT2D eigenvalue weighted by Crippen LogP contribution is 2.31. The van der Waals surface area contributed by atoms with Crippen molar-refractivity contribution in [1.82, 2.24) is 4.90 Å². The van der Waals surface area contributed by atoms with Crippen molar-refractivity contribution in [2.45, 2.75) is 0 Å². The lowest BCUT2D eigenvalue weighted by atomic mass is 10.2. The molecule has 1 amide bonds. The smallest absolute Gasteiger partial charge is 0.350 e. The predicted octanol–water partition coefficient (Wildman–Crippen LogP) is 3.49. The molecular weight excluding hydrogens is 355 g/mol. The number of ether oxygens (including phenoxy) is 1. The van der Waals surface area contributed by atoms with Crippen LogP contribution >= 0.6 is 34.8 Å². The normalized spacial score (nSPS) is 16.0. The first-order valence-corrected chi connectivity index (χ1v) is 7.16. The van der Waals surface area contributed by atoms with Crippen molar-refractivity contribution in [3.8, 4) is 0 Å². The van der Waals surface area contributed by atoms with Gasteiger partial charge in [0.05, 0.1) is 11.5 Å². The molecule has 1 heterocycles. The van der Waals surface area contributed by atoms with E-state index in [1.54, 1.807) is 30.3 Å². The highest BCUT2D eigenvalue weighted by molar-refractivity contribution is 6.59. The third-order valence-corrected chi connectivity index (χ3v) is 3.76. The second-order valence-electron chi connectivity index (χ2n) is 4.16. The number of rotatable bonds is 3. The van der Waals surface area contributed by atoms with Gasteiger partial charge in [-0.05, 0) is 12.1 Å². The fourth-order valence-corrected chi connectivity index (χ4v) is 2.21. The van der Waals surface area contributed by atoms with Crippen molar-refractivity contribution in [2.24, 2.45) is 0 Å². The number of halogens is 3. The van der Waals surface area contributed by atoms with Crippen LogP contribution in [0.2, 0.25) is 0 Å². The second-order valence-corrected chi connectivity index (χ2v) is 5.48. The Labute approximate surface area is 140 Å². The molecule has 1 aliphatic heterocycles. The topological polar surface area (TPSA) is 72.7 Å². The third kappa shape index (κ3) is 3.35. The number of carbonyl (C=O) groups excluding carboxylic acids is 1. The molecule has 6 nitrogen and oxygen atoms in total. The minimum Gasteiger partial charge on any atom is -0.472 e.